The molecule has 0 aliphatic carbocycles. The van der Waals surface area contributed by atoms with Crippen molar-refractivity contribution in [1.82, 2.24) is 20.2 Å². The smallest absolute Gasteiger partial charge is 0.245 e. The van der Waals surface area contributed by atoms with Crippen LogP contribution in [0.4, 0.5) is 5.82 Å². The van der Waals surface area contributed by atoms with Crippen LogP contribution in [0.5, 0.6) is 0 Å². The molecule has 2 heterocycles. The van der Waals surface area contributed by atoms with Gasteiger partial charge in [0, 0.05) is 33.1 Å². The number of aromatic nitrogens is 2. The van der Waals surface area contributed by atoms with Crippen molar-refractivity contribution in [2.24, 2.45) is 0 Å². The highest BCUT2D eigenvalue weighted by molar-refractivity contribution is 5.87. The predicted octanol–water partition coefficient (Wildman–Crippen LogP) is 1.04. The maximum Gasteiger partial charge on any atom is 0.245 e. The van der Waals surface area contributed by atoms with E-state index in [-0.39, 0.29) is 11.8 Å². The standard InChI is InChI=1S/C17H27N5O2/c1-6-7-14(20-12(3)23)17(24)22-9-8-13-15(10-22)18-11(2)19-16(13)21(4)5/h14H,6-10H2,1-5H3,(H,20,23). The Balaban J connectivity index is 2.22. The van der Waals surface area contributed by atoms with E-state index in [2.05, 4.69) is 15.3 Å². The Kier molecular flexibility index (Phi) is 5.75. The molecule has 0 radical (unpaired) electrons. The summed E-state index contributed by atoms with van der Waals surface area (Å²) < 4.78 is 0. The van der Waals surface area contributed by atoms with Gasteiger partial charge in [0.05, 0.1) is 12.2 Å². The van der Waals surface area contributed by atoms with Gasteiger partial charge in [-0.05, 0) is 19.8 Å². The van der Waals surface area contributed by atoms with Gasteiger partial charge < -0.3 is 15.1 Å². The predicted molar refractivity (Wildman–Crippen MR) is 92.7 cm³/mol. The van der Waals surface area contributed by atoms with Gasteiger partial charge in [0.25, 0.3) is 0 Å². The maximum absolute atomic E-state index is 12.8. The Morgan fingerprint density at radius 2 is 2.04 bits per heavy atom. The van der Waals surface area contributed by atoms with Crippen molar-refractivity contribution in [2.45, 2.75) is 52.6 Å². The third-order valence-electron chi connectivity index (χ3n) is 4.14. The Bertz CT molecular complexity index is 630. The first-order valence-electron chi connectivity index (χ1n) is 8.43. The molecule has 1 unspecified atom stereocenters. The lowest BCUT2D eigenvalue weighted by atomic mass is 10.0. The highest BCUT2D eigenvalue weighted by Crippen LogP contribution is 2.25. The lowest BCUT2D eigenvalue weighted by Gasteiger charge is -2.33. The van der Waals surface area contributed by atoms with E-state index in [1.165, 1.54) is 6.92 Å². The highest BCUT2D eigenvalue weighted by Gasteiger charge is 2.29. The first-order chi connectivity index (χ1) is 11.3. The summed E-state index contributed by atoms with van der Waals surface area (Å²) >= 11 is 0. The van der Waals surface area contributed by atoms with E-state index in [4.69, 9.17) is 0 Å². The summed E-state index contributed by atoms with van der Waals surface area (Å²) in [4.78, 5) is 37.0. The van der Waals surface area contributed by atoms with Gasteiger partial charge in [0.1, 0.15) is 17.7 Å². The molecule has 0 aromatic carbocycles. The molecule has 1 aliphatic rings. The average Bonchev–Trinajstić information content (AvgIpc) is 2.51. The van der Waals surface area contributed by atoms with Crippen LogP contribution in [0.3, 0.4) is 0 Å². The SMILES string of the molecule is CCCC(NC(C)=O)C(=O)N1CCc2c(nc(C)nc2N(C)C)C1. The molecular weight excluding hydrogens is 306 g/mol. The van der Waals surface area contributed by atoms with Gasteiger partial charge in [-0.15, -0.1) is 0 Å². The van der Waals surface area contributed by atoms with Crippen molar-refractivity contribution in [3.63, 3.8) is 0 Å². The molecular formula is C17H27N5O2. The normalized spacial score (nSPS) is 14.8. The lowest BCUT2D eigenvalue weighted by molar-refractivity contribution is -0.137. The largest absolute Gasteiger partial charge is 0.362 e. The molecule has 1 atom stereocenters. The van der Waals surface area contributed by atoms with Gasteiger partial charge in [0.2, 0.25) is 11.8 Å². The van der Waals surface area contributed by atoms with Crippen LogP contribution in [0.2, 0.25) is 0 Å². The van der Waals surface area contributed by atoms with Crippen molar-refractivity contribution in [2.75, 3.05) is 25.5 Å². The number of amides is 2. The molecule has 1 aliphatic heterocycles. The van der Waals surface area contributed by atoms with E-state index in [1.807, 2.05) is 32.8 Å². The van der Waals surface area contributed by atoms with E-state index in [9.17, 15) is 9.59 Å². The van der Waals surface area contributed by atoms with Gasteiger partial charge in [-0.1, -0.05) is 13.3 Å². The molecule has 7 nitrogen and oxygen atoms in total. The number of nitrogens with one attached hydrogen (secondary N) is 1. The minimum absolute atomic E-state index is 0.0274. The second-order valence-electron chi connectivity index (χ2n) is 6.47. The van der Waals surface area contributed by atoms with Crippen LogP contribution in [-0.2, 0) is 22.6 Å². The van der Waals surface area contributed by atoms with E-state index < -0.39 is 6.04 Å². The zero-order chi connectivity index (χ0) is 17.9. The van der Waals surface area contributed by atoms with Crippen LogP contribution in [0.25, 0.3) is 0 Å². The second-order valence-corrected chi connectivity index (χ2v) is 6.47. The minimum atomic E-state index is -0.453. The van der Waals surface area contributed by atoms with Crippen molar-refractivity contribution < 1.29 is 9.59 Å². The van der Waals surface area contributed by atoms with Gasteiger partial charge >= 0.3 is 0 Å². The summed E-state index contributed by atoms with van der Waals surface area (Å²) in [5, 5.41) is 2.77. The number of carbonyl (C=O) groups is 2. The van der Waals surface area contributed by atoms with E-state index in [1.54, 1.807) is 4.90 Å². The van der Waals surface area contributed by atoms with Crippen LogP contribution in [0.15, 0.2) is 0 Å². The molecule has 0 saturated carbocycles. The number of aryl methyl sites for hydroxylation is 1. The van der Waals surface area contributed by atoms with Crippen LogP contribution < -0.4 is 10.2 Å². The molecule has 0 fully saturated rings. The molecule has 1 N–H and O–H groups in total. The average molecular weight is 333 g/mol. The molecule has 132 valence electrons. The number of fused-ring (bicyclic) bond motifs is 1. The Hall–Kier alpha value is -2.18. The molecule has 2 amide bonds. The number of carbonyl (C=O) groups excluding carboxylic acids is 2. The maximum atomic E-state index is 12.8. The van der Waals surface area contributed by atoms with E-state index in [0.29, 0.717) is 25.3 Å². The monoisotopic (exact) mass is 333 g/mol. The summed E-state index contributed by atoms with van der Waals surface area (Å²) in [7, 11) is 3.93. The molecule has 2 rings (SSSR count). The minimum Gasteiger partial charge on any atom is -0.362 e. The number of anilines is 1. The summed E-state index contributed by atoms with van der Waals surface area (Å²) in [5.74, 6) is 1.43. The number of nitrogens with zero attached hydrogens (tertiary/aromatic N) is 4. The van der Waals surface area contributed by atoms with Crippen LogP contribution in [0, 0.1) is 6.92 Å². The van der Waals surface area contributed by atoms with Crippen molar-refractivity contribution in [3.8, 4) is 0 Å². The Morgan fingerprint density at radius 3 is 2.62 bits per heavy atom. The molecule has 0 saturated heterocycles. The third-order valence-corrected chi connectivity index (χ3v) is 4.14. The number of hydrogen-bond donors (Lipinski definition) is 1. The van der Waals surface area contributed by atoms with Gasteiger partial charge in [-0.3, -0.25) is 9.59 Å². The first-order valence-corrected chi connectivity index (χ1v) is 8.43. The fraction of sp³-hybridized carbons (Fsp3) is 0.647. The summed E-state index contributed by atoms with van der Waals surface area (Å²) in [6.07, 6.45) is 2.22. The molecule has 0 spiro atoms. The first kappa shape index (κ1) is 18.2. The van der Waals surface area contributed by atoms with Crippen LogP contribution >= 0.6 is 0 Å². The Morgan fingerprint density at radius 1 is 1.33 bits per heavy atom. The van der Waals surface area contributed by atoms with Crippen molar-refractivity contribution >= 4 is 17.6 Å². The van der Waals surface area contributed by atoms with Crippen molar-refractivity contribution in [1.29, 1.82) is 0 Å². The second kappa shape index (κ2) is 7.59. The fourth-order valence-corrected chi connectivity index (χ4v) is 3.10. The third kappa shape index (κ3) is 4.01. The molecule has 1 aromatic rings. The van der Waals surface area contributed by atoms with Crippen LogP contribution in [-0.4, -0.2) is 53.4 Å². The van der Waals surface area contributed by atoms with Gasteiger partial charge in [0.15, 0.2) is 0 Å². The fourth-order valence-electron chi connectivity index (χ4n) is 3.10. The zero-order valence-corrected chi connectivity index (χ0v) is 15.2. The summed E-state index contributed by atoms with van der Waals surface area (Å²) in [6.45, 7) is 6.41. The molecule has 24 heavy (non-hydrogen) atoms. The van der Waals surface area contributed by atoms with E-state index >= 15 is 0 Å². The van der Waals surface area contributed by atoms with Gasteiger partial charge in [-0.25, -0.2) is 9.97 Å². The zero-order valence-electron chi connectivity index (χ0n) is 15.2. The molecule has 1 aromatic heterocycles. The number of hydrogen-bond acceptors (Lipinski definition) is 5. The number of rotatable bonds is 5. The topological polar surface area (TPSA) is 78.4 Å². The summed E-state index contributed by atoms with van der Waals surface area (Å²) in [5.41, 5.74) is 2.02. The molecule has 0 bridgehead atoms. The van der Waals surface area contributed by atoms with E-state index in [0.717, 1.165) is 29.9 Å². The highest BCUT2D eigenvalue weighted by atomic mass is 16.2. The van der Waals surface area contributed by atoms with Crippen LogP contribution in [0.1, 0.15) is 43.8 Å². The summed E-state index contributed by atoms with van der Waals surface area (Å²) in [6, 6.07) is -0.453. The van der Waals surface area contributed by atoms with Crippen molar-refractivity contribution in [3.05, 3.63) is 17.1 Å². The molecule has 7 heteroatoms. The van der Waals surface area contributed by atoms with Gasteiger partial charge in [-0.2, -0.15) is 0 Å². The quantitative estimate of drug-likeness (QED) is 0.871. The lowest BCUT2D eigenvalue weighted by Crippen LogP contribution is -2.49. The Labute approximate surface area is 143 Å².